The lowest BCUT2D eigenvalue weighted by Crippen LogP contribution is -2.13. The Labute approximate surface area is 89.0 Å². The van der Waals surface area contributed by atoms with Crippen molar-refractivity contribution in [2.75, 3.05) is 7.11 Å². The lowest BCUT2D eigenvalue weighted by atomic mass is 10.2. The largest absolute Gasteiger partial charge is 0.496 e. The van der Waals surface area contributed by atoms with Crippen LogP contribution >= 0.6 is 0 Å². The van der Waals surface area contributed by atoms with Crippen LogP contribution in [0.3, 0.4) is 0 Å². The van der Waals surface area contributed by atoms with Crippen molar-refractivity contribution in [1.29, 1.82) is 0 Å². The van der Waals surface area contributed by atoms with Crippen LogP contribution in [0.2, 0.25) is 0 Å². The number of methoxy groups -OCH3 is 1. The van der Waals surface area contributed by atoms with Crippen molar-refractivity contribution < 1.29 is 14.3 Å². The molecule has 0 aliphatic heterocycles. The van der Waals surface area contributed by atoms with Crippen LogP contribution in [0.15, 0.2) is 18.2 Å². The molecule has 4 heteroatoms. The molecule has 0 unspecified atom stereocenters. The monoisotopic (exact) mass is 209 g/mol. The summed E-state index contributed by atoms with van der Waals surface area (Å²) in [5.41, 5.74) is 5.54. The Kier molecular flexibility index (Phi) is 3.55. The van der Waals surface area contributed by atoms with Crippen molar-refractivity contribution in [2.45, 2.75) is 20.0 Å². The van der Waals surface area contributed by atoms with Gasteiger partial charge in [-0.15, -0.1) is 0 Å². The van der Waals surface area contributed by atoms with Crippen LogP contribution in [-0.4, -0.2) is 19.1 Å². The van der Waals surface area contributed by atoms with Gasteiger partial charge in [0.1, 0.15) is 11.5 Å². The van der Waals surface area contributed by atoms with Gasteiger partial charge in [-0.3, -0.25) is 4.79 Å². The first-order chi connectivity index (χ1) is 7.04. The molecular weight excluding hydrogens is 194 g/mol. The van der Waals surface area contributed by atoms with Gasteiger partial charge in [0, 0.05) is 6.07 Å². The van der Waals surface area contributed by atoms with Crippen molar-refractivity contribution in [3.63, 3.8) is 0 Å². The maximum Gasteiger partial charge on any atom is 0.252 e. The van der Waals surface area contributed by atoms with Crippen LogP contribution in [0, 0.1) is 0 Å². The highest BCUT2D eigenvalue weighted by atomic mass is 16.5. The van der Waals surface area contributed by atoms with E-state index >= 15 is 0 Å². The summed E-state index contributed by atoms with van der Waals surface area (Å²) in [5, 5.41) is 0. The molecule has 0 saturated carbocycles. The number of ether oxygens (including phenoxy) is 2. The van der Waals surface area contributed by atoms with Crippen LogP contribution in [0.1, 0.15) is 24.2 Å². The van der Waals surface area contributed by atoms with E-state index in [1.807, 2.05) is 13.8 Å². The molecule has 1 amide bonds. The highest BCUT2D eigenvalue weighted by Gasteiger charge is 2.10. The van der Waals surface area contributed by atoms with Crippen LogP contribution < -0.4 is 15.2 Å². The molecule has 1 aromatic carbocycles. The summed E-state index contributed by atoms with van der Waals surface area (Å²) in [6, 6.07) is 4.95. The minimum Gasteiger partial charge on any atom is -0.496 e. The Morgan fingerprint density at radius 3 is 2.53 bits per heavy atom. The lowest BCUT2D eigenvalue weighted by molar-refractivity contribution is 0.0997. The average molecular weight is 209 g/mol. The van der Waals surface area contributed by atoms with E-state index in [0.29, 0.717) is 17.1 Å². The van der Waals surface area contributed by atoms with E-state index in [-0.39, 0.29) is 6.10 Å². The zero-order chi connectivity index (χ0) is 11.4. The molecular formula is C11H15NO3. The van der Waals surface area contributed by atoms with Gasteiger partial charge in [-0.2, -0.15) is 0 Å². The van der Waals surface area contributed by atoms with Crippen molar-refractivity contribution in [2.24, 2.45) is 5.73 Å². The second-order valence-electron chi connectivity index (χ2n) is 3.39. The summed E-state index contributed by atoms with van der Waals surface area (Å²) < 4.78 is 10.5. The van der Waals surface area contributed by atoms with Gasteiger partial charge in [0.15, 0.2) is 0 Å². The molecule has 1 aromatic rings. The van der Waals surface area contributed by atoms with E-state index in [2.05, 4.69) is 0 Å². The third-order valence-electron chi connectivity index (χ3n) is 1.81. The second-order valence-corrected chi connectivity index (χ2v) is 3.39. The summed E-state index contributed by atoms with van der Waals surface area (Å²) in [7, 11) is 1.49. The van der Waals surface area contributed by atoms with Gasteiger partial charge >= 0.3 is 0 Å². The van der Waals surface area contributed by atoms with Crippen molar-refractivity contribution in [3.8, 4) is 11.5 Å². The number of carbonyl (C=O) groups excluding carboxylic acids is 1. The minimum absolute atomic E-state index is 0.0779. The molecule has 0 aromatic heterocycles. The van der Waals surface area contributed by atoms with E-state index in [0.717, 1.165) is 0 Å². The molecule has 2 N–H and O–H groups in total. The highest BCUT2D eigenvalue weighted by molar-refractivity contribution is 5.95. The maximum absolute atomic E-state index is 11.0. The average Bonchev–Trinajstić information content (AvgIpc) is 2.16. The quantitative estimate of drug-likeness (QED) is 0.818. The molecule has 0 aliphatic carbocycles. The zero-order valence-corrected chi connectivity index (χ0v) is 9.11. The Morgan fingerprint density at radius 2 is 2.07 bits per heavy atom. The fourth-order valence-electron chi connectivity index (χ4n) is 1.22. The topological polar surface area (TPSA) is 61.6 Å². The number of rotatable bonds is 4. The third kappa shape index (κ3) is 2.87. The van der Waals surface area contributed by atoms with E-state index in [4.69, 9.17) is 15.2 Å². The fourth-order valence-corrected chi connectivity index (χ4v) is 1.22. The molecule has 0 fully saturated rings. The maximum atomic E-state index is 11.0. The summed E-state index contributed by atoms with van der Waals surface area (Å²) in [4.78, 5) is 11.0. The van der Waals surface area contributed by atoms with Crippen molar-refractivity contribution in [3.05, 3.63) is 23.8 Å². The number of hydrogen-bond donors (Lipinski definition) is 1. The lowest BCUT2D eigenvalue weighted by Gasteiger charge is -2.12. The molecule has 0 bridgehead atoms. The molecule has 0 heterocycles. The van der Waals surface area contributed by atoms with E-state index in [1.165, 1.54) is 7.11 Å². The van der Waals surface area contributed by atoms with Gasteiger partial charge < -0.3 is 15.2 Å². The molecule has 0 aliphatic rings. The molecule has 15 heavy (non-hydrogen) atoms. The predicted molar refractivity (Wildman–Crippen MR) is 57.3 cm³/mol. The fraction of sp³-hybridized carbons (Fsp3) is 0.364. The molecule has 1 rings (SSSR count). The van der Waals surface area contributed by atoms with Gasteiger partial charge in [-0.25, -0.2) is 0 Å². The molecule has 0 saturated heterocycles. The first-order valence-corrected chi connectivity index (χ1v) is 4.69. The Bertz CT molecular complexity index is 361. The number of benzene rings is 1. The van der Waals surface area contributed by atoms with Gasteiger partial charge in [-0.05, 0) is 26.0 Å². The third-order valence-corrected chi connectivity index (χ3v) is 1.81. The molecule has 82 valence electrons. The highest BCUT2D eigenvalue weighted by Crippen LogP contribution is 2.24. The number of nitrogens with two attached hydrogens (primary N) is 1. The Hall–Kier alpha value is -1.71. The Morgan fingerprint density at radius 1 is 1.40 bits per heavy atom. The number of carbonyl (C=O) groups is 1. The first-order valence-electron chi connectivity index (χ1n) is 4.69. The molecule has 0 radical (unpaired) electrons. The van der Waals surface area contributed by atoms with Crippen molar-refractivity contribution in [1.82, 2.24) is 0 Å². The van der Waals surface area contributed by atoms with E-state index in [9.17, 15) is 4.79 Å². The molecule has 0 atom stereocenters. The predicted octanol–water partition coefficient (Wildman–Crippen LogP) is 1.58. The molecule has 0 spiro atoms. The summed E-state index contributed by atoms with van der Waals surface area (Å²) in [6.07, 6.45) is 0.0779. The normalized spacial score (nSPS) is 10.1. The SMILES string of the molecule is COc1cc(OC(C)C)ccc1C(N)=O. The van der Waals surface area contributed by atoms with E-state index < -0.39 is 5.91 Å². The van der Waals surface area contributed by atoms with Gasteiger partial charge in [0.05, 0.1) is 18.8 Å². The summed E-state index contributed by atoms with van der Waals surface area (Å²) in [6.45, 7) is 3.85. The van der Waals surface area contributed by atoms with Crippen LogP contribution in [0.25, 0.3) is 0 Å². The second kappa shape index (κ2) is 4.68. The van der Waals surface area contributed by atoms with Crippen LogP contribution in [0.4, 0.5) is 0 Å². The van der Waals surface area contributed by atoms with Crippen LogP contribution in [-0.2, 0) is 0 Å². The van der Waals surface area contributed by atoms with Crippen molar-refractivity contribution >= 4 is 5.91 Å². The smallest absolute Gasteiger partial charge is 0.252 e. The number of primary amides is 1. The van der Waals surface area contributed by atoms with Gasteiger partial charge in [0.25, 0.3) is 5.91 Å². The van der Waals surface area contributed by atoms with Gasteiger partial charge in [0.2, 0.25) is 0 Å². The van der Waals surface area contributed by atoms with Gasteiger partial charge in [-0.1, -0.05) is 0 Å². The zero-order valence-electron chi connectivity index (χ0n) is 9.11. The molecule has 4 nitrogen and oxygen atoms in total. The number of hydrogen-bond acceptors (Lipinski definition) is 3. The number of amides is 1. The first kappa shape index (κ1) is 11.4. The minimum atomic E-state index is -0.511. The standard InChI is InChI=1S/C11H15NO3/c1-7(2)15-8-4-5-9(11(12)13)10(6-8)14-3/h4-7H,1-3H3,(H2,12,13). The summed E-state index contributed by atoms with van der Waals surface area (Å²) in [5.74, 6) is 0.579. The van der Waals surface area contributed by atoms with E-state index in [1.54, 1.807) is 18.2 Å². The Balaban J connectivity index is 3.02. The summed E-state index contributed by atoms with van der Waals surface area (Å²) >= 11 is 0. The van der Waals surface area contributed by atoms with Crippen LogP contribution in [0.5, 0.6) is 11.5 Å².